The van der Waals surface area contributed by atoms with Crippen molar-refractivity contribution < 1.29 is 0 Å². The summed E-state index contributed by atoms with van der Waals surface area (Å²) in [6.45, 7) is 0. The number of hydrogen-bond donors (Lipinski definition) is 1. The molecule has 5 nitrogen and oxygen atoms in total. The number of aromatic amines is 1. The van der Waals surface area contributed by atoms with E-state index in [-0.39, 0.29) is 5.56 Å². The summed E-state index contributed by atoms with van der Waals surface area (Å²) in [5.41, 5.74) is 0.391. The maximum atomic E-state index is 11.3. The van der Waals surface area contributed by atoms with Crippen LogP contribution >= 0.6 is 22.6 Å². The molecule has 0 saturated carbocycles. The first kappa shape index (κ1) is 9.25. The van der Waals surface area contributed by atoms with Crippen LogP contribution in [0, 0.1) is 3.57 Å². The first-order valence-electron chi connectivity index (χ1n) is 3.78. The van der Waals surface area contributed by atoms with Gasteiger partial charge in [0, 0.05) is 18.6 Å². The molecule has 0 atom stereocenters. The molecule has 0 saturated heterocycles. The summed E-state index contributed by atoms with van der Waals surface area (Å²) in [4.78, 5) is 25.8. The molecule has 0 fully saturated rings. The van der Waals surface area contributed by atoms with Gasteiger partial charge in [-0.1, -0.05) is 0 Å². The second-order valence-electron chi connectivity index (χ2n) is 2.50. The fraction of sp³-hybridized carbons (Fsp3) is 0. The standard InChI is InChI=1S/C8H5IN4O/c9-5-3-12-7(13-8(5)14)6-4-10-1-2-11-6/h1-4H,(H,12,13,14). The molecule has 0 radical (unpaired) electrons. The van der Waals surface area contributed by atoms with Crippen molar-refractivity contribution in [2.75, 3.05) is 0 Å². The van der Waals surface area contributed by atoms with E-state index >= 15 is 0 Å². The minimum atomic E-state index is -0.166. The number of H-pyrrole nitrogens is 1. The largest absolute Gasteiger partial charge is 0.304 e. The molecule has 0 aliphatic heterocycles. The first-order valence-corrected chi connectivity index (χ1v) is 4.86. The molecule has 14 heavy (non-hydrogen) atoms. The molecule has 2 rings (SSSR count). The Kier molecular flexibility index (Phi) is 2.53. The topological polar surface area (TPSA) is 71.5 Å². The summed E-state index contributed by atoms with van der Waals surface area (Å²) in [7, 11) is 0. The van der Waals surface area contributed by atoms with E-state index < -0.39 is 0 Å². The van der Waals surface area contributed by atoms with Crippen LogP contribution in [0.5, 0.6) is 0 Å². The van der Waals surface area contributed by atoms with Crippen molar-refractivity contribution in [2.45, 2.75) is 0 Å². The molecule has 2 heterocycles. The number of nitrogens with one attached hydrogen (secondary N) is 1. The van der Waals surface area contributed by atoms with E-state index in [0.717, 1.165) is 0 Å². The van der Waals surface area contributed by atoms with Gasteiger partial charge in [0.15, 0.2) is 5.82 Å². The van der Waals surface area contributed by atoms with E-state index in [1.165, 1.54) is 6.20 Å². The van der Waals surface area contributed by atoms with Gasteiger partial charge in [0.1, 0.15) is 5.69 Å². The van der Waals surface area contributed by atoms with Crippen LogP contribution in [0.4, 0.5) is 0 Å². The Morgan fingerprint density at radius 2 is 2.07 bits per heavy atom. The molecule has 0 aromatic carbocycles. The lowest BCUT2D eigenvalue weighted by molar-refractivity contribution is 1.07. The van der Waals surface area contributed by atoms with Crippen molar-refractivity contribution in [3.05, 3.63) is 38.7 Å². The molecule has 2 aromatic heterocycles. The van der Waals surface area contributed by atoms with Gasteiger partial charge in [0.2, 0.25) is 0 Å². The molecule has 6 heteroatoms. The van der Waals surface area contributed by atoms with Gasteiger partial charge < -0.3 is 4.98 Å². The molecule has 0 bridgehead atoms. The van der Waals surface area contributed by atoms with E-state index in [0.29, 0.717) is 15.1 Å². The molecule has 2 aromatic rings. The maximum Gasteiger partial charge on any atom is 0.264 e. The van der Waals surface area contributed by atoms with Crippen molar-refractivity contribution in [2.24, 2.45) is 0 Å². The lowest BCUT2D eigenvalue weighted by atomic mass is 10.4. The van der Waals surface area contributed by atoms with E-state index in [1.807, 2.05) is 22.6 Å². The highest BCUT2D eigenvalue weighted by Gasteiger charge is 2.02. The highest BCUT2D eigenvalue weighted by molar-refractivity contribution is 14.1. The molecule has 70 valence electrons. The Morgan fingerprint density at radius 1 is 1.21 bits per heavy atom. The second-order valence-corrected chi connectivity index (χ2v) is 3.66. The van der Waals surface area contributed by atoms with Crippen LogP contribution in [-0.4, -0.2) is 19.9 Å². The summed E-state index contributed by atoms with van der Waals surface area (Å²) in [6, 6.07) is 0. The summed E-state index contributed by atoms with van der Waals surface area (Å²) in [5.74, 6) is 0.434. The maximum absolute atomic E-state index is 11.3. The predicted molar refractivity (Wildman–Crippen MR) is 58.6 cm³/mol. The zero-order chi connectivity index (χ0) is 9.97. The molecule has 0 aliphatic carbocycles. The third kappa shape index (κ3) is 1.79. The molecule has 0 amide bonds. The normalized spacial score (nSPS) is 10.1. The van der Waals surface area contributed by atoms with Crippen molar-refractivity contribution in [1.82, 2.24) is 19.9 Å². The van der Waals surface area contributed by atoms with Gasteiger partial charge in [-0.15, -0.1) is 0 Å². The minimum absolute atomic E-state index is 0.166. The first-order chi connectivity index (χ1) is 6.77. The van der Waals surface area contributed by atoms with E-state index in [9.17, 15) is 4.79 Å². The van der Waals surface area contributed by atoms with Crippen molar-refractivity contribution in [1.29, 1.82) is 0 Å². The van der Waals surface area contributed by atoms with Crippen LogP contribution in [0.15, 0.2) is 29.6 Å². The second kappa shape index (κ2) is 3.82. The predicted octanol–water partition coefficient (Wildman–Crippen LogP) is 0.831. The van der Waals surface area contributed by atoms with Gasteiger partial charge in [-0.25, -0.2) is 9.97 Å². The molecule has 1 N–H and O–H groups in total. The third-order valence-electron chi connectivity index (χ3n) is 1.56. The van der Waals surface area contributed by atoms with Gasteiger partial charge >= 0.3 is 0 Å². The van der Waals surface area contributed by atoms with Gasteiger partial charge in [-0.2, -0.15) is 0 Å². The zero-order valence-corrected chi connectivity index (χ0v) is 9.09. The summed E-state index contributed by atoms with van der Waals surface area (Å²) in [6.07, 6.45) is 6.16. The number of nitrogens with zero attached hydrogens (tertiary/aromatic N) is 3. The number of aromatic nitrogens is 4. The van der Waals surface area contributed by atoms with Crippen LogP contribution in [0.2, 0.25) is 0 Å². The average molecular weight is 300 g/mol. The van der Waals surface area contributed by atoms with Gasteiger partial charge in [-0.05, 0) is 22.6 Å². The van der Waals surface area contributed by atoms with Gasteiger partial charge in [0.05, 0.1) is 9.77 Å². The highest BCUT2D eigenvalue weighted by atomic mass is 127. The molecule has 0 unspecified atom stereocenters. The van der Waals surface area contributed by atoms with Crippen LogP contribution < -0.4 is 5.56 Å². The van der Waals surface area contributed by atoms with Crippen LogP contribution in [0.3, 0.4) is 0 Å². The van der Waals surface area contributed by atoms with Gasteiger partial charge in [0.25, 0.3) is 5.56 Å². The van der Waals surface area contributed by atoms with E-state index in [4.69, 9.17) is 0 Å². The number of halogens is 1. The lowest BCUT2D eigenvalue weighted by Crippen LogP contribution is -2.11. The smallest absolute Gasteiger partial charge is 0.264 e. The lowest BCUT2D eigenvalue weighted by Gasteiger charge is -1.97. The Morgan fingerprint density at radius 3 is 2.71 bits per heavy atom. The quantitative estimate of drug-likeness (QED) is 0.792. The average Bonchev–Trinajstić information content (AvgIpc) is 2.23. The van der Waals surface area contributed by atoms with E-state index in [2.05, 4.69) is 19.9 Å². The summed E-state index contributed by atoms with van der Waals surface area (Å²) >= 11 is 1.92. The molecule has 0 spiro atoms. The van der Waals surface area contributed by atoms with Crippen molar-refractivity contribution in [3.8, 4) is 11.5 Å². The Labute approximate surface area is 92.8 Å². The third-order valence-corrected chi connectivity index (χ3v) is 2.33. The minimum Gasteiger partial charge on any atom is -0.304 e. The van der Waals surface area contributed by atoms with Crippen LogP contribution in [0.25, 0.3) is 11.5 Å². The van der Waals surface area contributed by atoms with Gasteiger partial charge in [-0.3, -0.25) is 9.78 Å². The fourth-order valence-electron chi connectivity index (χ4n) is 0.931. The van der Waals surface area contributed by atoms with E-state index in [1.54, 1.807) is 18.6 Å². The molecule has 0 aliphatic rings. The van der Waals surface area contributed by atoms with Crippen LogP contribution in [0.1, 0.15) is 0 Å². The van der Waals surface area contributed by atoms with Crippen molar-refractivity contribution in [3.63, 3.8) is 0 Å². The SMILES string of the molecule is O=c1[nH]c(-c2cnccn2)ncc1I. The Bertz CT molecular complexity index is 496. The fourth-order valence-corrected chi connectivity index (χ4v) is 1.21. The summed E-state index contributed by atoms with van der Waals surface area (Å²) < 4.78 is 0.551. The molecular weight excluding hydrogens is 295 g/mol. The highest BCUT2D eigenvalue weighted by Crippen LogP contribution is 2.06. The van der Waals surface area contributed by atoms with Crippen LogP contribution in [-0.2, 0) is 0 Å². The Balaban J connectivity index is 2.54. The number of rotatable bonds is 1. The number of hydrogen-bond acceptors (Lipinski definition) is 4. The Hall–Kier alpha value is -1.31. The monoisotopic (exact) mass is 300 g/mol. The molecular formula is C8H5IN4O. The van der Waals surface area contributed by atoms with Crippen molar-refractivity contribution >= 4 is 22.6 Å². The zero-order valence-electron chi connectivity index (χ0n) is 6.94. The summed E-state index contributed by atoms with van der Waals surface area (Å²) in [5, 5.41) is 0.